The van der Waals surface area contributed by atoms with E-state index in [4.69, 9.17) is 5.14 Å². The van der Waals surface area contributed by atoms with Crippen LogP contribution in [0.5, 0.6) is 0 Å². The number of amides is 1. The number of pyridine rings is 1. The van der Waals surface area contributed by atoms with Gasteiger partial charge in [-0.15, -0.1) is 24.0 Å². The van der Waals surface area contributed by atoms with E-state index < -0.39 is 10.0 Å². The van der Waals surface area contributed by atoms with Gasteiger partial charge in [-0.1, -0.05) is 18.2 Å². The van der Waals surface area contributed by atoms with E-state index >= 15 is 0 Å². The summed E-state index contributed by atoms with van der Waals surface area (Å²) in [4.78, 5) is 24.4. The minimum Gasteiger partial charge on any atom is -0.363 e. The standard InChI is InChI=1S/C20H29N7O3S.HI/c1-26(2)18-7-5-6-16(25-18)13-23-20(24-14-19(28)27(3)4)22-12-15-8-10-17(11-9-15)31(21,29)30;/h5-11H,12-14H2,1-4H3,(H2,21,29,30)(H2,22,23,24);1H. The minimum absolute atomic E-state index is 0. The number of aliphatic imine (C=N–C) groups is 1. The van der Waals surface area contributed by atoms with Gasteiger partial charge >= 0.3 is 0 Å². The molecule has 0 bridgehead atoms. The van der Waals surface area contributed by atoms with E-state index in [-0.39, 0.29) is 47.9 Å². The second-order valence-corrected chi connectivity index (χ2v) is 8.79. The number of hydrogen-bond acceptors (Lipinski definition) is 6. The van der Waals surface area contributed by atoms with Gasteiger partial charge in [0.2, 0.25) is 15.9 Å². The van der Waals surface area contributed by atoms with Crippen LogP contribution in [0, 0.1) is 0 Å². The molecular formula is C20H30IN7O3S. The summed E-state index contributed by atoms with van der Waals surface area (Å²) in [6.07, 6.45) is 0. The molecule has 32 heavy (non-hydrogen) atoms. The van der Waals surface area contributed by atoms with Crippen LogP contribution in [0.15, 0.2) is 52.4 Å². The van der Waals surface area contributed by atoms with Crippen LogP contribution in [-0.2, 0) is 27.9 Å². The lowest BCUT2D eigenvalue weighted by Gasteiger charge is -2.16. The fourth-order valence-electron chi connectivity index (χ4n) is 2.44. The number of likely N-dealkylation sites (N-methyl/N-ethyl adjacent to an activating group) is 1. The van der Waals surface area contributed by atoms with Crippen molar-refractivity contribution in [3.8, 4) is 0 Å². The van der Waals surface area contributed by atoms with Crippen LogP contribution in [-0.4, -0.2) is 64.9 Å². The molecule has 1 aromatic heterocycles. The van der Waals surface area contributed by atoms with Crippen LogP contribution >= 0.6 is 24.0 Å². The van der Waals surface area contributed by atoms with Gasteiger partial charge in [0.05, 0.1) is 30.2 Å². The summed E-state index contributed by atoms with van der Waals surface area (Å²) in [7, 11) is 3.46. The van der Waals surface area contributed by atoms with Crippen molar-refractivity contribution >= 4 is 51.7 Å². The molecule has 10 nitrogen and oxygen atoms in total. The lowest BCUT2D eigenvalue weighted by Crippen LogP contribution is -2.42. The number of halogens is 1. The Morgan fingerprint density at radius 2 is 1.72 bits per heavy atom. The molecule has 2 rings (SSSR count). The SMILES string of the molecule is CN(C)C(=O)CNC(=NCc1ccc(S(N)(=O)=O)cc1)NCc1cccc(N(C)C)n1.I. The Labute approximate surface area is 206 Å². The van der Waals surface area contributed by atoms with E-state index in [0.717, 1.165) is 17.1 Å². The van der Waals surface area contributed by atoms with E-state index in [2.05, 4.69) is 20.6 Å². The molecule has 4 N–H and O–H groups in total. The number of guanidine groups is 1. The van der Waals surface area contributed by atoms with Gasteiger partial charge in [-0.05, 0) is 29.8 Å². The van der Waals surface area contributed by atoms with Crippen LogP contribution in [0.3, 0.4) is 0 Å². The first-order valence-corrected chi connectivity index (χ1v) is 11.1. The Balaban J connectivity index is 0.00000512. The zero-order chi connectivity index (χ0) is 23.0. The van der Waals surface area contributed by atoms with Gasteiger partial charge in [-0.2, -0.15) is 0 Å². The largest absolute Gasteiger partial charge is 0.363 e. The third-order valence-electron chi connectivity index (χ3n) is 4.26. The van der Waals surface area contributed by atoms with Crippen molar-refractivity contribution in [1.29, 1.82) is 0 Å². The maximum Gasteiger partial charge on any atom is 0.241 e. The Kier molecular flexibility index (Phi) is 10.8. The number of nitrogens with two attached hydrogens (primary N) is 1. The molecule has 0 unspecified atom stereocenters. The third kappa shape index (κ3) is 8.96. The van der Waals surface area contributed by atoms with Crippen molar-refractivity contribution in [2.45, 2.75) is 18.0 Å². The maximum absolute atomic E-state index is 11.9. The summed E-state index contributed by atoms with van der Waals surface area (Å²) >= 11 is 0. The maximum atomic E-state index is 11.9. The number of rotatable bonds is 8. The highest BCUT2D eigenvalue weighted by atomic mass is 127. The summed E-state index contributed by atoms with van der Waals surface area (Å²) in [5, 5.41) is 11.3. The molecule has 0 saturated heterocycles. The predicted molar refractivity (Wildman–Crippen MR) is 136 cm³/mol. The topological polar surface area (TPSA) is 133 Å². The third-order valence-corrected chi connectivity index (χ3v) is 5.19. The first kappa shape index (κ1) is 27.6. The lowest BCUT2D eigenvalue weighted by molar-refractivity contribution is -0.127. The number of primary sulfonamides is 1. The van der Waals surface area contributed by atoms with Gasteiger partial charge in [-0.25, -0.2) is 23.5 Å². The summed E-state index contributed by atoms with van der Waals surface area (Å²) in [5.74, 6) is 1.17. The molecule has 0 aliphatic carbocycles. The highest BCUT2D eigenvalue weighted by Crippen LogP contribution is 2.10. The summed E-state index contributed by atoms with van der Waals surface area (Å²) in [5.41, 5.74) is 1.61. The normalized spacial score (nSPS) is 11.3. The molecule has 0 aliphatic rings. The van der Waals surface area contributed by atoms with Crippen LogP contribution in [0.2, 0.25) is 0 Å². The van der Waals surface area contributed by atoms with Gasteiger partial charge in [0.1, 0.15) is 5.82 Å². The van der Waals surface area contributed by atoms with E-state index in [9.17, 15) is 13.2 Å². The highest BCUT2D eigenvalue weighted by Gasteiger charge is 2.09. The summed E-state index contributed by atoms with van der Waals surface area (Å²) in [6.45, 7) is 0.768. The molecule has 1 aromatic carbocycles. The fraction of sp³-hybridized carbons (Fsp3) is 0.350. The van der Waals surface area contributed by atoms with Gasteiger partial charge in [0.15, 0.2) is 5.96 Å². The molecular weight excluding hydrogens is 545 g/mol. The van der Waals surface area contributed by atoms with E-state index in [0.29, 0.717) is 12.5 Å². The highest BCUT2D eigenvalue weighted by molar-refractivity contribution is 14.0. The molecule has 176 valence electrons. The number of benzene rings is 1. The number of aromatic nitrogens is 1. The second kappa shape index (κ2) is 12.6. The lowest BCUT2D eigenvalue weighted by atomic mass is 10.2. The molecule has 0 aliphatic heterocycles. The first-order valence-electron chi connectivity index (χ1n) is 9.53. The number of nitrogens with zero attached hydrogens (tertiary/aromatic N) is 4. The summed E-state index contributed by atoms with van der Waals surface area (Å²) in [6, 6.07) is 11.9. The smallest absolute Gasteiger partial charge is 0.241 e. The molecule has 0 fully saturated rings. The van der Waals surface area contributed by atoms with Crippen molar-refractivity contribution in [3.63, 3.8) is 0 Å². The number of hydrogen-bond donors (Lipinski definition) is 3. The Bertz CT molecular complexity index is 1030. The second-order valence-electron chi connectivity index (χ2n) is 7.23. The molecule has 0 radical (unpaired) electrons. The molecule has 0 saturated carbocycles. The minimum atomic E-state index is -3.74. The molecule has 1 amide bonds. The van der Waals surface area contributed by atoms with Crippen molar-refractivity contribution in [1.82, 2.24) is 20.5 Å². The Morgan fingerprint density at radius 1 is 1.06 bits per heavy atom. The molecule has 0 atom stereocenters. The van der Waals surface area contributed by atoms with Gasteiger partial charge in [0.25, 0.3) is 0 Å². The van der Waals surface area contributed by atoms with Crippen molar-refractivity contribution < 1.29 is 13.2 Å². The average Bonchev–Trinajstić information content (AvgIpc) is 2.72. The van der Waals surface area contributed by atoms with Crippen molar-refractivity contribution in [3.05, 3.63) is 53.7 Å². The summed E-state index contributed by atoms with van der Waals surface area (Å²) < 4.78 is 22.8. The Morgan fingerprint density at radius 3 is 2.28 bits per heavy atom. The first-order chi connectivity index (χ1) is 14.6. The van der Waals surface area contributed by atoms with Gasteiger partial charge < -0.3 is 20.4 Å². The zero-order valence-electron chi connectivity index (χ0n) is 18.6. The average molecular weight is 575 g/mol. The van der Waals surface area contributed by atoms with Crippen molar-refractivity contribution in [2.24, 2.45) is 10.1 Å². The van der Waals surface area contributed by atoms with Crippen molar-refractivity contribution in [2.75, 3.05) is 39.6 Å². The van der Waals surface area contributed by atoms with E-state index in [1.54, 1.807) is 26.2 Å². The van der Waals surface area contributed by atoms with Crippen LogP contribution < -0.4 is 20.7 Å². The number of nitrogens with one attached hydrogen (secondary N) is 2. The van der Waals surface area contributed by atoms with E-state index in [1.165, 1.54) is 17.0 Å². The fourth-order valence-corrected chi connectivity index (χ4v) is 2.95. The van der Waals surface area contributed by atoms with Gasteiger partial charge in [-0.3, -0.25) is 4.79 Å². The predicted octanol–water partition coefficient (Wildman–Crippen LogP) is 0.737. The molecule has 0 spiro atoms. The number of anilines is 1. The number of carbonyl (C=O) groups is 1. The van der Waals surface area contributed by atoms with Crippen LogP contribution in [0.1, 0.15) is 11.3 Å². The van der Waals surface area contributed by atoms with Gasteiger partial charge in [0, 0.05) is 28.2 Å². The molecule has 12 heteroatoms. The number of carbonyl (C=O) groups excluding carboxylic acids is 1. The van der Waals surface area contributed by atoms with E-state index in [1.807, 2.05) is 37.2 Å². The number of sulfonamides is 1. The quantitative estimate of drug-likeness (QED) is 0.240. The zero-order valence-corrected chi connectivity index (χ0v) is 21.7. The van der Waals surface area contributed by atoms with Crippen LogP contribution in [0.25, 0.3) is 0 Å². The Hall–Kier alpha value is -2.45. The molecule has 2 aromatic rings. The monoisotopic (exact) mass is 575 g/mol. The molecule has 1 heterocycles. The van der Waals surface area contributed by atoms with Crippen LogP contribution in [0.4, 0.5) is 5.82 Å².